The maximum Gasteiger partial charge on any atom is 0.292 e. The lowest BCUT2D eigenvalue weighted by Crippen LogP contribution is -2.31. The summed E-state index contributed by atoms with van der Waals surface area (Å²) in [4.78, 5) is 29.7. The monoisotopic (exact) mass is 390 g/mol. The Morgan fingerprint density at radius 3 is 2.50 bits per heavy atom. The Balaban J connectivity index is 1.52. The van der Waals surface area contributed by atoms with Gasteiger partial charge in [0.1, 0.15) is 5.01 Å². The zero-order valence-electron chi connectivity index (χ0n) is 15.5. The molecule has 0 aliphatic heterocycles. The molecule has 4 aromatic rings. The first-order valence-corrected chi connectivity index (χ1v) is 9.65. The number of para-hydroxylation sites is 2. The molecular formula is C21H18N4O2S. The van der Waals surface area contributed by atoms with Crippen molar-refractivity contribution >= 4 is 33.2 Å². The minimum Gasteiger partial charge on any atom is -0.343 e. The summed E-state index contributed by atoms with van der Waals surface area (Å²) in [6.45, 7) is 3.75. The van der Waals surface area contributed by atoms with E-state index < -0.39 is 11.7 Å². The van der Waals surface area contributed by atoms with Gasteiger partial charge in [0.05, 0.1) is 39.4 Å². The predicted molar refractivity (Wildman–Crippen MR) is 109 cm³/mol. The van der Waals surface area contributed by atoms with Crippen molar-refractivity contribution in [1.29, 1.82) is 0 Å². The summed E-state index contributed by atoms with van der Waals surface area (Å²) >= 11 is 1.50. The molecule has 0 bridgehead atoms. The van der Waals surface area contributed by atoms with E-state index >= 15 is 0 Å². The SMILES string of the molecule is Cc1nn(-c2ccccc2)c(C)c1C(=O)C(=O)NCc1nc2ccccc2s1. The molecule has 0 unspecified atom stereocenters. The molecule has 2 heterocycles. The van der Waals surface area contributed by atoms with Gasteiger partial charge < -0.3 is 5.32 Å². The molecule has 6 nitrogen and oxygen atoms in total. The highest BCUT2D eigenvalue weighted by Crippen LogP contribution is 2.22. The van der Waals surface area contributed by atoms with Gasteiger partial charge in [-0.05, 0) is 38.1 Å². The summed E-state index contributed by atoms with van der Waals surface area (Å²) in [5.41, 5.74) is 3.24. The first-order chi connectivity index (χ1) is 13.5. The van der Waals surface area contributed by atoms with Crippen LogP contribution >= 0.6 is 11.3 Å². The number of ketones is 1. The number of aromatic nitrogens is 3. The van der Waals surface area contributed by atoms with Gasteiger partial charge >= 0.3 is 0 Å². The van der Waals surface area contributed by atoms with Crippen molar-refractivity contribution in [3.8, 4) is 5.69 Å². The van der Waals surface area contributed by atoms with Crippen LogP contribution in [0.2, 0.25) is 0 Å². The zero-order chi connectivity index (χ0) is 19.7. The van der Waals surface area contributed by atoms with Crippen molar-refractivity contribution in [2.45, 2.75) is 20.4 Å². The second-order valence-electron chi connectivity index (χ2n) is 6.38. The average molecular weight is 390 g/mol. The predicted octanol–water partition coefficient (Wildman–Crippen LogP) is 3.60. The molecule has 0 aliphatic carbocycles. The highest BCUT2D eigenvalue weighted by Gasteiger charge is 2.25. The number of aryl methyl sites for hydroxylation is 1. The lowest BCUT2D eigenvalue weighted by Gasteiger charge is -2.05. The number of hydrogen-bond donors (Lipinski definition) is 1. The number of amides is 1. The number of fused-ring (bicyclic) bond motifs is 1. The van der Waals surface area contributed by atoms with E-state index in [4.69, 9.17) is 0 Å². The molecule has 0 atom stereocenters. The third-order valence-corrected chi connectivity index (χ3v) is 5.50. The van der Waals surface area contributed by atoms with E-state index in [9.17, 15) is 9.59 Å². The number of carbonyl (C=O) groups excluding carboxylic acids is 2. The topological polar surface area (TPSA) is 76.9 Å². The molecular weight excluding hydrogens is 372 g/mol. The summed E-state index contributed by atoms with van der Waals surface area (Å²) in [7, 11) is 0. The fourth-order valence-corrected chi connectivity index (χ4v) is 4.04. The molecule has 0 radical (unpaired) electrons. The number of thiazole rings is 1. The normalized spacial score (nSPS) is 10.9. The Kier molecular flexibility index (Phi) is 4.75. The van der Waals surface area contributed by atoms with Gasteiger partial charge in [-0.25, -0.2) is 9.67 Å². The van der Waals surface area contributed by atoms with E-state index in [0.717, 1.165) is 20.9 Å². The Hall–Kier alpha value is -3.32. The van der Waals surface area contributed by atoms with Crippen LogP contribution < -0.4 is 5.32 Å². The van der Waals surface area contributed by atoms with Gasteiger partial charge in [0.15, 0.2) is 0 Å². The maximum absolute atomic E-state index is 12.7. The van der Waals surface area contributed by atoms with Crippen molar-refractivity contribution in [2.75, 3.05) is 0 Å². The van der Waals surface area contributed by atoms with Crippen LogP contribution in [0, 0.1) is 13.8 Å². The molecule has 1 N–H and O–H groups in total. The van der Waals surface area contributed by atoms with E-state index in [0.29, 0.717) is 17.0 Å². The molecule has 0 saturated heterocycles. The van der Waals surface area contributed by atoms with E-state index in [1.54, 1.807) is 18.5 Å². The number of carbonyl (C=O) groups is 2. The smallest absolute Gasteiger partial charge is 0.292 e. The highest BCUT2D eigenvalue weighted by molar-refractivity contribution is 7.18. The Morgan fingerprint density at radius 2 is 1.75 bits per heavy atom. The molecule has 1 amide bonds. The Morgan fingerprint density at radius 1 is 1.04 bits per heavy atom. The number of rotatable bonds is 5. The van der Waals surface area contributed by atoms with Crippen LogP contribution in [0.1, 0.15) is 26.8 Å². The molecule has 2 aromatic carbocycles. The summed E-state index contributed by atoms with van der Waals surface area (Å²) in [6.07, 6.45) is 0. The minimum atomic E-state index is -0.655. The number of nitrogens with zero attached hydrogens (tertiary/aromatic N) is 3. The standard InChI is InChI=1S/C21H18N4O2S/c1-13-19(14(2)25(24-13)15-8-4-3-5-9-15)20(26)21(27)22-12-18-23-16-10-6-7-11-17(16)28-18/h3-11H,12H2,1-2H3,(H,22,27). The average Bonchev–Trinajstić information content (AvgIpc) is 3.26. The van der Waals surface area contributed by atoms with Gasteiger partial charge in [0, 0.05) is 0 Å². The fraction of sp³-hybridized carbons (Fsp3) is 0.143. The second kappa shape index (κ2) is 7.36. The van der Waals surface area contributed by atoms with E-state index in [1.165, 1.54) is 11.3 Å². The van der Waals surface area contributed by atoms with Gasteiger partial charge in [0.25, 0.3) is 11.7 Å². The lowest BCUT2D eigenvalue weighted by molar-refractivity contribution is -0.117. The number of Topliss-reactive ketones (excluding diaryl/α,β-unsaturated/α-hetero) is 1. The highest BCUT2D eigenvalue weighted by atomic mass is 32.1. The van der Waals surface area contributed by atoms with Gasteiger partial charge in [-0.1, -0.05) is 30.3 Å². The molecule has 0 saturated carbocycles. The van der Waals surface area contributed by atoms with E-state index in [2.05, 4.69) is 15.4 Å². The van der Waals surface area contributed by atoms with Crippen LogP contribution in [0.25, 0.3) is 15.9 Å². The van der Waals surface area contributed by atoms with Crippen LogP contribution in [0.3, 0.4) is 0 Å². The number of hydrogen-bond acceptors (Lipinski definition) is 5. The Labute approximate surface area is 165 Å². The largest absolute Gasteiger partial charge is 0.343 e. The van der Waals surface area contributed by atoms with E-state index in [1.807, 2.05) is 54.6 Å². The lowest BCUT2D eigenvalue weighted by atomic mass is 10.1. The van der Waals surface area contributed by atoms with Gasteiger partial charge in [0.2, 0.25) is 0 Å². The third-order valence-electron chi connectivity index (χ3n) is 4.46. The van der Waals surface area contributed by atoms with Gasteiger partial charge in [-0.2, -0.15) is 5.10 Å². The summed E-state index contributed by atoms with van der Waals surface area (Å²) in [5, 5.41) is 7.88. The summed E-state index contributed by atoms with van der Waals surface area (Å²) in [6, 6.07) is 17.3. The van der Waals surface area contributed by atoms with Crippen LogP contribution in [-0.2, 0) is 11.3 Å². The molecule has 0 fully saturated rings. The molecule has 28 heavy (non-hydrogen) atoms. The molecule has 0 spiro atoms. The Bertz CT molecular complexity index is 1140. The van der Waals surface area contributed by atoms with Crippen molar-refractivity contribution in [3.05, 3.63) is 76.6 Å². The van der Waals surface area contributed by atoms with Crippen molar-refractivity contribution in [2.24, 2.45) is 0 Å². The van der Waals surface area contributed by atoms with Crippen molar-refractivity contribution < 1.29 is 9.59 Å². The quantitative estimate of drug-likeness (QED) is 0.417. The second-order valence-corrected chi connectivity index (χ2v) is 7.50. The van der Waals surface area contributed by atoms with Crippen LogP contribution in [-0.4, -0.2) is 26.5 Å². The van der Waals surface area contributed by atoms with Crippen molar-refractivity contribution in [1.82, 2.24) is 20.1 Å². The third kappa shape index (κ3) is 3.32. The molecule has 2 aromatic heterocycles. The number of benzene rings is 2. The molecule has 140 valence electrons. The fourth-order valence-electron chi connectivity index (χ4n) is 3.14. The number of nitrogens with one attached hydrogen (secondary N) is 1. The summed E-state index contributed by atoms with van der Waals surface area (Å²) in [5.74, 6) is -1.24. The van der Waals surface area contributed by atoms with Crippen LogP contribution in [0.4, 0.5) is 0 Å². The van der Waals surface area contributed by atoms with Gasteiger partial charge in [-0.3, -0.25) is 9.59 Å². The van der Waals surface area contributed by atoms with E-state index in [-0.39, 0.29) is 6.54 Å². The molecule has 4 rings (SSSR count). The summed E-state index contributed by atoms with van der Waals surface area (Å²) < 4.78 is 2.73. The maximum atomic E-state index is 12.7. The molecule has 7 heteroatoms. The zero-order valence-corrected chi connectivity index (χ0v) is 16.3. The first-order valence-electron chi connectivity index (χ1n) is 8.83. The first kappa shape index (κ1) is 18.1. The van der Waals surface area contributed by atoms with Crippen LogP contribution in [0.15, 0.2) is 54.6 Å². The van der Waals surface area contributed by atoms with Crippen LogP contribution in [0.5, 0.6) is 0 Å². The molecule has 0 aliphatic rings. The van der Waals surface area contributed by atoms with Crippen molar-refractivity contribution in [3.63, 3.8) is 0 Å². The minimum absolute atomic E-state index is 0.217. The van der Waals surface area contributed by atoms with Gasteiger partial charge in [-0.15, -0.1) is 11.3 Å².